The minimum Gasteiger partial charge on any atom is -0.493 e. The fraction of sp³-hybridized carbons (Fsp3) is 0.375. The molecule has 0 saturated carbocycles. The number of nitrogens with zero attached hydrogens (tertiary/aromatic N) is 3. The Labute approximate surface area is 148 Å². The van der Waals surface area contributed by atoms with Crippen molar-refractivity contribution in [3.05, 3.63) is 61.0 Å². The second-order valence-corrected chi connectivity index (χ2v) is 6.74. The second kappa shape index (κ2) is 6.53. The van der Waals surface area contributed by atoms with Gasteiger partial charge in [-0.1, -0.05) is 29.3 Å². The molecule has 0 aliphatic heterocycles. The van der Waals surface area contributed by atoms with Crippen LogP contribution in [0.3, 0.4) is 0 Å². The quantitative estimate of drug-likeness (QED) is 0.651. The molecule has 1 aromatic heterocycles. The van der Waals surface area contributed by atoms with E-state index in [1.807, 2.05) is 6.07 Å². The van der Waals surface area contributed by atoms with Crippen LogP contribution in [0.15, 0.2) is 18.2 Å². The molecule has 0 saturated heterocycles. The first-order valence-electron chi connectivity index (χ1n) is 7.51. The first-order valence-corrected chi connectivity index (χ1v) is 8.26. The Balaban J connectivity index is 2.13. The van der Waals surface area contributed by atoms with Crippen LogP contribution in [0, 0.1) is 17.0 Å². The molecule has 6 nitrogen and oxygen atoms in total. The predicted molar refractivity (Wildman–Crippen MR) is 90.6 cm³/mol. The van der Waals surface area contributed by atoms with Gasteiger partial charge in [0.05, 0.1) is 11.6 Å². The molecular formula is C16H15Cl2N3O3. The highest BCUT2D eigenvalue weighted by Crippen LogP contribution is 2.46. The molecule has 1 aliphatic carbocycles. The standard InChI is InChI=1S/C16H15Cl2N3O3/c1-8-19-15-12(11-5-3-10(17)6-13(11)18)4-2-9(7-21(23)24)14(15)16(22)20-8/h3,5-6,9,12H,2,4,7H2,1H3,(H,19,20,22). The molecule has 1 aliphatic rings. The van der Waals surface area contributed by atoms with Crippen LogP contribution in [0.1, 0.15) is 47.3 Å². The number of hydrogen-bond acceptors (Lipinski definition) is 5. The molecule has 3 rings (SSSR count). The van der Waals surface area contributed by atoms with Gasteiger partial charge in [0.2, 0.25) is 12.4 Å². The smallest absolute Gasteiger partial charge is 0.218 e. The van der Waals surface area contributed by atoms with Gasteiger partial charge in [-0.15, -0.1) is 0 Å². The average molecular weight is 368 g/mol. The van der Waals surface area contributed by atoms with E-state index in [0.717, 1.165) is 5.56 Å². The maximum Gasteiger partial charge on any atom is 0.218 e. The highest BCUT2D eigenvalue weighted by molar-refractivity contribution is 6.35. The van der Waals surface area contributed by atoms with Gasteiger partial charge < -0.3 is 5.11 Å². The van der Waals surface area contributed by atoms with Crippen molar-refractivity contribution < 1.29 is 10.0 Å². The lowest BCUT2D eigenvalue weighted by Crippen LogP contribution is -2.23. The molecule has 0 radical (unpaired) electrons. The van der Waals surface area contributed by atoms with Crippen LogP contribution >= 0.6 is 23.2 Å². The fourth-order valence-electron chi connectivity index (χ4n) is 3.34. The van der Waals surface area contributed by atoms with Crippen molar-refractivity contribution in [1.82, 2.24) is 9.97 Å². The number of aromatic hydroxyl groups is 1. The van der Waals surface area contributed by atoms with E-state index in [-0.39, 0.29) is 23.3 Å². The maximum atomic E-state index is 10.9. The number of halogens is 2. The van der Waals surface area contributed by atoms with Crippen LogP contribution in [0.4, 0.5) is 0 Å². The Morgan fingerprint density at radius 1 is 1.33 bits per heavy atom. The number of hydrogen-bond donors (Lipinski definition) is 1. The number of rotatable bonds is 3. The Hall–Kier alpha value is -1.92. The molecule has 0 bridgehead atoms. The van der Waals surface area contributed by atoms with Crippen molar-refractivity contribution in [3.63, 3.8) is 0 Å². The van der Waals surface area contributed by atoms with Crippen LogP contribution < -0.4 is 0 Å². The predicted octanol–water partition coefficient (Wildman–Crippen LogP) is 4.08. The molecule has 2 atom stereocenters. The van der Waals surface area contributed by atoms with E-state index in [0.29, 0.717) is 40.0 Å². The topological polar surface area (TPSA) is 89.2 Å². The highest BCUT2D eigenvalue weighted by Gasteiger charge is 2.36. The second-order valence-electron chi connectivity index (χ2n) is 5.90. The highest BCUT2D eigenvalue weighted by atomic mass is 35.5. The number of fused-ring (bicyclic) bond motifs is 1. The SMILES string of the molecule is Cc1nc(O)c2c(n1)C(c1ccc(Cl)cc1Cl)CCC2C[N+](=O)[O-]. The number of aromatic nitrogens is 2. The molecule has 1 heterocycles. The summed E-state index contributed by atoms with van der Waals surface area (Å²) in [4.78, 5) is 19.0. The van der Waals surface area contributed by atoms with Gasteiger partial charge in [0.15, 0.2) is 0 Å². The Morgan fingerprint density at radius 3 is 2.75 bits per heavy atom. The Morgan fingerprint density at radius 2 is 2.08 bits per heavy atom. The summed E-state index contributed by atoms with van der Waals surface area (Å²) in [5.74, 6) is -0.319. The summed E-state index contributed by atoms with van der Waals surface area (Å²) < 4.78 is 0. The molecular weight excluding hydrogens is 353 g/mol. The van der Waals surface area contributed by atoms with E-state index in [1.54, 1.807) is 19.1 Å². The minimum absolute atomic E-state index is 0.152. The summed E-state index contributed by atoms with van der Waals surface area (Å²) in [5.41, 5.74) is 1.92. The van der Waals surface area contributed by atoms with E-state index >= 15 is 0 Å². The van der Waals surface area contributed by atoms with Gasteiger partial charge >= 0.3 is 0 Å². The van der Waals surface area contributed by atoms with Gasteiger partial charge in [0.25, 0.3) is 0 Å². The lowest BCUT2D eigenvalue weighted by atomic mass is 9.77. The van der Waals surface area contributed by atoms with Crippen LogP contribution in [-0.2, 0) is 0 Å². The van der Waals surface area contributed by atoms with Gasteiger partial charge in [-0.25, -0.2) is 4.98 Å². The molecule has 0 fully saturated rings. The van der Waals surface area contributed by atoms with Gasteiger partial charge in [0, 0.05) is 26.4 Å². The Bertz CT molecular complexity index is 813. The third-order valence-electron chi connectivity index (χ3n) is 4.32. The normalized spacial score (nSPS) is 19.8. The lowest BCUT2D eigenvalue weighted by Gasteiger charge is -2.30. The third kappa shape index (κ3) is 3.16. The molecule has 126 valence electrons. The lowest BCUT2D eigenvalue weighted by molar-refractivity contribution is -0.483. The van der Waals surface area contributed by atoms with E-state index in [9.17, 15) is 15.2 Å². The number of benzene rings is 1. The number of nitro groups is 1. The average Bonchev–Trinajstić information content (AvgIpc) is 2.47. The first-order chi connectivity index (χ1) is 11.4. The zero-order valence-corrected chi connectivity index (χ0v) is 14.4. The van der Waals surface area contributed by atoms with Gasteiger partial charge in [0.1, 0.15) is 5.82 Å². The fourth-order valence-corrected chi connectivity index (χ4v) is 3.88. The van der Waals surface area contributed by atoms with E-state index in [2.05, 4.69) is 9.97 Å². The summed E-state index contributed by atoms with van der Waals surface area (Å²) >= 11 is 12.3. The van der Waals surface area contributed by atoms with Gasteiger partial charge in [-0.2, -0.15) is 4.98 Å². The molecule has 24 heavy (non-hydrogen) atoms. The van der Waals surface area contributed by atoms with Crippen molar-refractivity contribution in [3.8, 4) is 5.88 Å². The maximum absolute atomic E-state index is 10.9. The summed E-state index contributed by atoms with van der Waals surface area (Å²) in [6.07, 6.45) is 1.21. The van der Waals surface area contributed by atoms with Crippen molar-refractivity contribution in [1.29, 1.82) is 0 Å². The summed E-state index contributed by atoms with van der Waals surface area (Å²) in [6.45, 7) is 1.42. The molecule has 2 unspecified atom stereocenters. The van der Waals surface area contributed by atoms with Crippen molar-refractivity contribution in [2.45, 2.75) is 31.6 Å². The monoisotopic (exact) mass is 367 g/mol. The van der Waals surface area contributed by atoms with Crippen LogP contribution in [0.25, 0.3) is 0 Å². The van der Waals surface area contributed by atoms with Crippen molar-refractivity contribution in [2.24, 2.45) is 0 Å². The van der Waals surface area contributed by atoms with Crippen LogP contribution in [-0.4, -0.2) is 26.5 Å². The molecule has 1 aromatic carbocycles. The molecule has 8 heteroatoms. The first kappa shape index (κ1) is 16.9. The Kier molecular flexibility index (Phi) is 4.60. The van der Waals surface area contributed by atoms with E-state index in [4.69, 9.17) is 23.2 Å². The third-order valence-corrected chi connectivity index (χ3v) is 4.88. The zero-order valence-electron chi connectivity index (χ0n) is 12.9. The van der Waals surface area contributed by atoms with E-state index < -0.39 is 5.92 Å². The molecule has 2 aromatic rings. The van der Waals surface area contributed by atoms with Crippen molar-refractivity contribution in [2.75, 3.05) is 6.54 Å². The summed E-state index contributed by atoms with van der Waals surface area (Å²) in [6, 6.07) is 5.25. The number of aryl methyl sites for hydroxylation is 1. The summed E-state index contributed by atoms with van der Waals surface area (Å²) in [7, 11) is 0. The summed E-state index contributed by atoms with van der Waals surface area (Å²) in [5, 5.41) is 22.3. The molecule has 0 spiro atoms. The van der Waals surface area contributed by atoms with Crippen LogP contribution in [0.2, 0.25) is 10.0 Å². The molecule has 1 N–H and O–H groups in total. The van der Waals surface area contributed by atoms with E-state index in [1.165, 1.54) is 0 Å². The minimum atomic E-state index is -0.405. The van der Waals surface area contributed by atoms with Gasteiger partial charge in [-0.05, 0) is 37.5 Å². The van der Waals surface area contributed by atoms with Gasteiger partial charge in [-0.3, -0.25) is 10.1 Å². The largest absolute Gasteiger partial charge is 0.493 e. The zero-order chi connectivity index (χ0) is 17.4. The molecule has 0 amide bonds. The van der Waals surface area contributed by atoms with Crippen LogP contribution in [0.5, 0.6) is 5.88 Å². The van der Waals surface area contributed by atoms with Crippen molar-refractivity contribution >= 4 is 23.2 Å².